The van der Waals surface area contributed by atoms with E-state index in [1.165, 1.54) is 89.3 Å². The van der Waals surface area contributed by atoms with Crippen LogP contribution in [-0.2, 0) is 30.1 Å². The summed E-state index contributed by atoms with van der Waals surface area (Å²) in [7, 11) is 0. The van der Waals surface area contributed by atoms with Crippen LogP contribution in [0.25, 0.3) is 33.4 Å². The van der Waals surface area contributed by atoms with Crippen LogP contribution in [0.15, 0.2) is 188 Å². The first kappa shape index (κ1) is 32.9. The van der Waals surface area contributed by atoms with Gasteiger partial charge in [0.05, 0.1) is 0 Å². The Bertz CT molecular complexity index is 2780. The highest BCUT2D eigenvalue weighted by Crippen LogP contribution is 2.57. The van der Waals surface area contributed by atoms with Crippen molar-refractivity contribution in [2.75, 3.05) is 4.90 Å². The second-order valence-corrected chi connectivity index (χ2v) is 16.4. The molecule has 3 aliphatic carbocycles. The Labute approximate surface area is 330 Å². The fourth-order valence-corrected chi connectivity index (χ4v) is 10.5. The largest absolute Gasteiger partial charge is 0.310 e. The average molecular weight is 718 g/mol. The Hall–Kier alpha value is -6.44. The van der Waals surface area contributed by atoms with Gasteiger partial charge in [-0.05, 0) is 140 Å². The first-order valence-corrected chi connectivity index (χ1v) is 20.1. The van der Waals surface area contributed by atoms with Gasteiger partial charge in [0, 0.05) is 27.9 Å². The van der Waals surface area contributed by atoms with E-state index < -0.39 is 0 Å². The molecule has 0 radical (unpaired) electrons. The minimum absolute atomic E-state index is 0.0832. The van der Waals surface area contributed by atoms with Crippen molar-refractivity contribution in [2.45, 2.75) is 43.9 Å². The molecule has 8 aromatic carbocycles. The van der Waals surface area contributed by atoms with Crippen molar-refractivity contribution < 1.29 is 0 Å². The van der Waals surface area contributed by atoms with Gasteiger partial charge in [-0.25, -0.2) is 0 Å². The zero-order chi connectivity index (χ0) is 37.4. The summed E-state index contributed by atoms with van der Waals surface area (Å²) in [5.41, 5.74) is 22.5. The van der Waals surface area contributed by atoms with Gasteiger partial charge in [-0.3, -0.25) is 0 Å². The van der Waals surface area contributed by atoms with E-state index in [-0.39, 0.29) is 10.8 Å². The molecule has 11 rings (SSSR count). The molecule has 0 amide bonds. The van der Waals surface area contributed by atoms with E-state index in [1.54, 1.807) is 0 Å². The van der Waals surface area contributed by atoms with Gasteiger partial charge in [-0.1, -0.05) is 159 Å². The molecule has 0 bridgehead atoms. The lowest BCUT2D eigenvalue weighted by atomic mass is 9.74. The van der Waals surface area contributed by atoms with Gasteiger partial charge < -0.3 is 4.90 Å². The number of hydrogen-bond donors (Lipinski definition) is 0. The van der Waals surface area contributed by atoms with Gasteiger partial charge >= 0.3 is 0 Å². The molecule has 56 heavy (non-hydrogen) atoms. The Balaban J connectivity index is 1.10. The van der Waals surface area contributed by atoms with E-state index in [9.17, 15) is 0 Å². The molecule has 0 saturated heterocycles. The molecule has 0 aromatic heterocycles. The fourth-order valence-electron chi connectivity index (χ4n) is 10.5. The number of nitrogens with zero attached hydrogens (tertiary/aromatic N) is 1. The lowest BCUT2D eigenvalue weighted by molar-refractivity contribution is 0.563. The molecular weight excluding hydrogens is 675 g/mol. The van der Waals surface area contributed by atoms with Crippen molar-refractivity contribution in [1.29, 1.82) is 0 Å². The highest BCUT2D eigenvalue weighted by molar-refractivity contribution is 5.89. The Morgan fingerprint density at radius 1 is 0.429 bits per heavy atom. The molecule has 1 nitrogen and oxygen atoms in total. The molecule has 1 spiro atoms. The molecule has 0 saturated carbocycles. The minimum atomic E-state index is -0.184. The second kappa shape index (κ2) is 12.5. The summed E-state index contributed by atoms with van der Waals surface area (Å²) >= 11 is 0. The van der Waals surface area contributed by atoms with E-state index in [2.05, 4.69) is 207 Å². The van der Waals surface area contributed by atoms with Crippen LogP contribution >= 0.6 is 0 Å². The van der Waals surface area contributed by atoms with Crippen LogP contribution in [0.1, 0.15) is 51.4 Å². The van der Waals surface area contributed by atoms with Crippen molar-refractivity contribution in [3.8, 4) is 33.4 Å². The van der Waals surface area contributed by atoms with E-state index in [4.69, 9.17) is 0 Å². The minimum Gasteiger partial charge on any atom is -0.310 e. The van der Waals surface area contributed by atoms with Crippen LogP contribution in [-0.4, -0.2) is 0 Å². The van der Waals surface area contributed by atoms with E-state index >= 15 is 0 Å². The Morgan fingerprint density at radius 2 is 0.929 bits per heavy atom. The standard InChI is InChI=1S/C55H43N/c1-37-14-6-7-17-40(37)34-54(2)50-22-12-10-20-46(50)48-30-28-44(32-52(48)54)56(43-26-24-39(25-27-43)38-15-4-3-5-16-38)45-29-31-49-47-21-11-13-23-51(47)55(53(49)33-45)35-41-18-8-9-19-42(41)36-55/h3-33H,34-36H2,1-2H3. The number of rotatable bonds is 6. The van der Waals surface area contributed by atoms with Gasteiger partial charge in [0.2, 0.25) is 0 Å². The predicted octanol–water partition coefficient (Wildman–Crippen LogP) is 13.7. The SMILES string of the molecule is Cc1ccccc1CC1(C)c2ccccc2-c2ccc(N(c3ccc(-c4ccccc4)cc3)c3ccc4c(c3)C3(Cc5ccccc5C3)c3ccccc3-4)cc21. The topological polar surface area (TPSA) is 3.24 Å². The second-order valence-electron chi connectivity index (χ2n) is 16.4. The molecule has 1 heteroatoms. The third-order valence-corrected chi connectivity index (χ3v) is 13.3. The molecule has 0 N–H and O–H groups in total. The summed E-state index contributed by atoms with van der Waals surface area (Å²) in [5, 5.41) is 0. The number of hydrogen-bond acceptors (Lipinski definition) is 1. The van der Waals surface area contributed by atoms with Gasteiger partial charge in [-0.15, -0.1) is 0 Å². The quantitative estimate of drug-likeness (QED) is 0.166. The molecule has 0 fully saturated rings. The van der Waals surface area contributed by atoms with Crippen molar-refractivity contribution >= 4 is 17.1 Å². The van der Waals surface area contributed by atoms with Gasteiger partial charge in [-0.2, -0.15) is 0 Å². The van der Waals surface area contributed by atoms with E-state index in [1.807, 2.05) is 0 Å². The summed E-state index contributed by atoms with van der Waals surface area (Å²) in [4.78, 5) is 2.51. The molecule has 8 aromatic rings. The first-order valence-electron chi connectivity index (χ1n) is 20.1. The zero-order valence-corrected chi connectivity index (χ0v) is 32.0. The van der Waals surface area contributed by atoms with Crippen molar-refractivity contribution in [3.63, 3.8) is 0 Å². The fraction of sp³-hybridized carbons (Fsp3) is 0.127. The highest BCUT2D eigenvalue weighted by Gasteiger charge is 2.47. The summed E-state index contributed by atoms with van der Waals surface area (Å²) in [6.45, 7) is 4.71. The third kappa shape index (κ3) is 4.93. The van der Waals surface area contributed by atoms with Crippen LogP contribution in [0.3, 0.4) is 0 Å². The maximum atomic E-state index is 2.53. The molecule has 0 heterocycles. The summed E-state index contributed by atoms with van der Waals surface area (Å²) in [6.07, 6.45) is 2.99. The van der Waals surface area contributed by atoms with Crippen LogP contribution in [0.2, 0.25) is 0 Å². The van der Waals surface area contributed by atoms with Gasteiger partial charge in [0.25, 0.3) is 0 Å². The van der Waals surface area contributed by atoms with E-state index in [0.29, 0.717) is 0 Å². The molecular formula is C55H43N. The number of benzene rings is 8. The predicted molar refractivity (Wildman–Crippen MR) is 233 cm³/mol. The summed E-state index contributed by atoms with van der Waals surface area (Å²) in [5.74, 6) is 0. The number of fused-ring (bicyclic) bond motifs is 9. The molecule has 1 unspecified atom stereocenters. The van der Waals surface area contributed by atoms with Crippen molar-refractivity contribution in [3.05, 3.63) is 233 Å². The number of aryl methyl sites for hydroxylation is 1. The number of anilines is 3. The molecule has 0 aliphatic heterocycles. The highest BCUT2D eigenvalue weighted by atomic mass is 15.1. The lowest BCUT2D eigenvalue weighted by Gasteiger charge is -2.32. The Kier molecular flexibility index (Phi) is 7.38. The van der Waals surface area contributed by atoms with Gasteiger partial charge in [0.15, 0.2) is 0 Å². The van der Waals surface area contributed by atoms with Crippen molar-refractivity contribution in [1.82, 2.24) is 0 Å². The summed E-state index contributed by atoms with van der Waals surface area (Å²) in [6, 6.07) is 70.6. The maximum absolute atomic E-state index is 2.53. The molecule has 1 atom stereocenters. The zero-order valence-electron chi connectivity index (χ0n) is 32.0. The lowest BCUT2D eigenvalue weighted by Crippen LogP contribution is -2.26. The van der Waals surface area contributed by atoms with E-state index in [0.717, 1.165) is 24.9 Å². The Morgan fingerprint density at radius 3 is 1.62 bits per heavy atom. The summed E-state index contributed by atoms with van der Waals surface area (Å²) < 4.78 is 0. The normalized spacial score (nSPS) is 16.5. The van der Waals surface area contributed by atoms with Crippen LogP contribution in [0.4, 0.5) is 17.1 Å². The van der Waals surface area contributed by atoms with Crippen molar-refractivity contribution in [2.24, 2.45) is 0 Å². The molecule has 3 aliphatic rings. The third-order valence-electron chi connectivity index (χ3n) is 13.3. The van der Waals surface area contributed by atoms with Crippen LogP contribution < -0.4 is 4.90 Å². The van der Waals surface area contributed by atoms with Gasteiger partial charge in [0.1, 0.15) is 0 Å². The monoisotopic (exact) mass is 717 g/mol. The maximum Gasteiger partial charge on any atom is 0.0465 e. The van der Waals surface area contributed by atoms with Crippen LogP contribution in [0.5, 0.6) is 0 Å². The average Bonchev–Trinajstić information content (AvgIpc) is 3.85. The first-order chi connectivity index (χ1) is 27.5. The van der Waals surface area contributed by atoms with Crippen LogP contribution in [0, 0.1) is 6.92 Å². The smallest absolute Gasteiger partial charge is 0.0465 e. The molecule has 268 valence electrons.